The van der Waals surface area contributed by atoms with E-state index in [4.69, 9.17) is 9.47 Å². The molecule has 0 radical (unpaired) electrons. The second-order valence-electron chi connectivity index (χ2n) is 11.7. The van der Waals surface area contributed by atoms with Gasteiger partial charge in [0.05, 0.1) is 49.3 Å². The number of rotatable bonds is 6. The van der Waals surface area contributed by atoms with Crippen molar-refractivity contribution in [1.82, 2.24) is 4.90 Å². The number of esters is 2. The van der Waals surface area contributed by atoms with Crippen LogP contribution in [0, 0.1) is 23.7 Å². The fourth-order valence-corrected chi connectivity index (χ4v) is 8.05. The van der Waals surface area contributed by atoms with E-state index in [1.54, 1.807) is 72.8 Å². The van der Waals surface area contributed by atoms with Gasteiger partial charge in [-0.2, -0.15) is 0 Å². The number of hydrogen-bond donors (Lipinski definition) is 0. The first-order chi connectivity index (χ1) is 22.3. The number of nitrogens with zero attached hydrogens (tertiary/aromatic N) is 3. The molecule has 0 bridgehead atoms. The average Bonchev–Trinajstić information content (AvgIpc) is 3.73. The summed E-state index contributed by atoms with van der Waals surface area (Å²) in [5, 5.41) is 0. The van der Waals surface area contributed by atoms with Crippen LogP contribution in [0.25, 0.3) is 6.08 Å². The van der Waals surface area contributed by atoms with Gasteiger partial charge in [-0.25, -0.2) is 14.6 Å². The van der Waals surface area contributed by atoms with Crippen molar-refractivity contribution in [2.45, 2.75) is 17.6 Å². The van der Waals surface area contributed by atoms with Gasteiger partial charge in [-0.15, -0.1) is 0 Å². The molecule has 7 atom stereocenters. The minimum absolute atomic E-state index is 0.247. The number of amides is 4. The van der Waals surface area contributed by atoms with E-state index in [2.05, 4.69) is 0 Å². The lowest BCUT2D eigenvalue weighted by Gasteiger charge is -2.40. The first kappa shape index (κ1) is 29.3. The standard InChI is InChI=1S/C35H29N3O8/c1-45-33(43)28-25-27(32(42)37(30(25)40)22-16-10-5-11-17-22)35(34(44)46-2)26-24(23(38(28)35)19-18-20-12-6-3-7-13-20)29(39)36(31(26)41)21-14-8-4-9-15-21/h3-19,23-28H,1-2H3/b19-18+/t23-,24-,25+,26+,27+,28-,35+/m1/s1. The second kappa shape index (κ2) is 10.9. The van der Waals surface area contributed by atoms with E-state index in [9.17, 15) is 28.8 Å². The van der Waals surface area contributed by atoms with Crippen LogP contribution in [0.2, 0.25) is 0 Å². The Hall–Kier alpha value is -5.42. The Morgan fingerprint density at radius 1 is 0.652 bits per heavy atom. The van der Waals surface area contributed by atoms with Crippen LogP contribution in [0.3, 0.4) is 0 Å². The lowest BCUT2D eigenvalue weighted by molar-refractivity contribution is -0.164. The molecule has 11 nitrogen and oxygen atoms in total. The van der Waals surface area contributed by atoms with Gasteiger partial charge < -0.3 is 9.47 Å². The summed E-state index contributed by atoms with van der Waals surface area (Å²) in [6.07, 6.45) is 3.37. The quantitative estimate of drug-likeness (QED) is 0.302. The lowest BCUT2D eigenvalue weighted by Crippen LogP contribution is -2.63. The molecule has 11 heteroatoms. The van der Waals surface area contributed by atoms with Gasteiger partial charge in [-0.1, -0.05) is 78.9 Å². The van der Waals surface area contributed by atoms with Gasteiger partial charge in [0.15, 0.2) is 0 Å². The Kier molecular flexibility index (Phi) is 6.93. The molecule has 4 heterocycles. The summed E-state index contributed by atoms with van der Waals surface area (Å²) in [5.41, 5.74) is -0.899. The summed E-state index contributed by atoms with van der Waals surface area (Å²) in [6, 6.07) is 23.0. The fourth-order valence-electron chi connectivity index (χ4n) is 8.05. The van der Waals surface area contributed by atoms with Crippen molar-refractivity contribution in [3.63, 3.8) is 0 Å². The Morgan fingerprint density at radius 2 is 1.13 bits per heavy atom. The van der Waals surface area contributed by atoms with E-state index in [-0.39, 0.29) is 5.69 Å². The van der Waals surface area contributed by atoms with Gasteiger partial charge in [-0.3, -0.25) is 28.9 Å². The molecule has 0 spiro atoms. The average molecular weight is 620 g/mol. The molecule has 4 aliphatic rings. The molecule has 4 amide bonds. The molecule has 4 aliphatic heterocycles. The molecule has 4 fully saturated rings. The van der Waals surface area contributed by atoms with Crippen LogP contribution in [0.15, 0.2) is 97.1 Å². The number of fused-ring (bicyclic) bond motifs is 5. The Balaban J connectivity index is 1.49. The van der Waals surface area contributed by atoms with Crippen LogP contribution in [-0.4, -0.2) is 72.3 Å². The number of para-hydroxylation sites is 2. The largest absolute Gasteiger partial charge is 0.468 e. The maximum Gasteiger partial charge on any atom is 0.328 e. The van der Waals surface area contributed by atoms with Crippen LogP contribution < -0.4 is 9.80 Å². The maximum atomic E-state index is 14.6. The third kappa shape index (κ3) is 3.81. The molecule has 4 saturated heterocycles. The van der Waals surface area contributed by atoms with Crippen LogP contribution in [0.1, 0.15) is 5.56 Å². The van der Waals surface area contributed by atoms with Crippen molar-refractivity contribution in [1.29, 1.82) is 0 Å². The topological polar surface area (TPSA) is 131 Å². The fraction of sp³-hybridized carbons (Fsp3) is 0.257. The van der Waals surface area contributed by atoms with Crippen LogP contribution in [-0.2, 0) is 38.2 Å². The summed E-state index contributed by atoms with van der Waals surface area (Å²) >= 11 is 0. The zero-order valence-electron chi connectivity index (χ0n) is 24.9. The normalized spacial score (nSPS) is 30.1. The highest BCUT2D eigenvalue weighted by Crippen LogP contribution is 2.63. The summed E-state index contributed by atoms with van der Waals surface area (Å²) in [6.45, 7) is 0. The van der Waals surface area contributed by atoms with E-state index < -0.39 is 76.9 Å². The number of carbonyl (C=O) groups is 6. The first-order valence-corrected chi connectivity index (χ1v) is 14.8. The van der Waals surface area contributed by atoms with Crippen molar-refractivity contribution in [2.75, 3.05) is 24.0 Å². The molecular formula is C35H29N3O8. The molecule has 3 aromatic rings. The number of methoxy groups -OCH3 is 2. The first-order valence-electron chi connectivity index (χ1n) is 14.8. The Labute approximate surface area is 264 Å². The highest BCUT2D eigenvalue weighted by Gasteiger charge is 2.85. The van der Waals surface area contributed by atoms with E-state index in [1.165, 1.54) is 4.90 Å². The number of anilines is 2. The number of benzene rings is 3. The number of imide groups is 2. The van der Waals surface area contributed by atoms with Gasteiger partial charge in [0.2, 0.25) is 23.6 Å². The van der Waals surface area contributed by atoms with Gasteiger partial charge in [0.1, 0.15) is 11.6 Å². The Morgan fingerprint density at radius 3 is 1.63 bits per heavy atom. The van der Waals surface area contributed by atoms with E-state index in [0.29, 0.717) is 5.69 Å². The van der Waals surface area contributed by atoms with E-state index in [0.717, 1.165) is 29.6 Å². The molecule has 0 N–H and O–H groups in total. The smallest absolute Gasteiger partial charge is 0.328 e. The molecule has 0 aromatic heterocycles. The predicted molar refractivity (Wildman–Crippen MR) is 163 cm³/mol. The summed E-state index contributed by atoms with van der Waals surface area (Å²) < 4.78 is 10.5. The molecule has 0 unspecified atom stereocenters. The highest BCUT2D eigenvalue weighted by molar-refractivity contribution is 6.29. The third-order valence-electron chi connectivity index (χ3n) is 9.68. The van der Waals surface area contributed by atoms with Gasteiger partial charge in [-0.05, 0) is 29.8 Å². The summed E-state index contributed by atoms with van der Waals surface area (Å²) in [5.74, 6) is -10.3. The van der Waals surface area contributed by atoms with Crippen LogP contribution in [0.5, 0.6) is 0 Å². The highest BCUT2D eigenvalue weighted by atomic mass is 16.5. The molecule has 3 aromatic carbocycles. The lowest BCUT2D eigenvalue weighted by atomic mass is 9.70. The monoisotopic (exact) mass is 619 g/mol. The predicted octanol–water partition coefficient (Wildman–Crippen LogP) is 2.46. The number of carbonyl (C=O) groups excluding carboxylic acids is 6. The molecule has 46 heavy (non-hydrogen) atoms. The Bertz CT molecular complexity index is 1800. The van der Waals surface area contributed by atoms with E-state index in [1.807, 2.05) is 30.3 Å². The SMILES string of the molecule is COC(=O)[C@H]1[C@H]2C(=O)N(c3ccccc3)C(=O)[C@H]2[C@]2(C(=O)OC)[C@@H]3C(=O)N(c4ccccc4)C(=O)[C@@H]3[C@@H](/C=C/c3ccccc3)N12. The zero-order valence-corrected chi connectivity index (χ0v) is 24.9. The summed E-state index contributed by atoms with van der Waals surface area (Å²) in [4.78, 5) is 89.2. The molecule has 0 saturated carbocycles. The van der Waals surface area contributed by atoms with Gasteiger partial charge >= 0.3 is 11.9 Å². The minimum atomic E-state index is -2.19. The van der Waals surface area contributed by atoms with Crippen molar-refractivity contribution < 1.29 is 38.2 Å². The van der Waals surface area contributed by atoms with Crippen molar-refractivity contribution >= 4 is 53.0 Å². The molecule has 0 aliphatic carbocycles. The molecular weight excluding hydrogens is 590 g/mol. The van der Waals surface area contributed by atoms with Crippen molar-refractivity contribution in [3.05, 3.63) is 103 Å². The minimum Gasteiger partial charge on any atom is -0.468 e. The number of hydrogen-bond acceptors (Lipinski definition) is 9. The van der Waals surface area contributed by atoms with Gasteiger partial charge in [0, 0.05) is 6.04 Å². The zero-order chi connectivity index (χ0) is 32.3. The maximum absolute atomic E-state index is 14.6. The number of ether oxygens (including phenoxy) is 2. The molecule has 7 rings (SSSR count). The summed E-state index contributed by atoms with van der Waals surface area (Å²) in [7, 11) is 2.26. The van der Waals surface area contributed by atoms with E-state index >= 15 is 0 Å². The van der Waals surface area contributed by atoms with Gasteiger partial charge in [0.25, 0.3) is 0 Å². The van der Waals surface area contributed by atoms with Crippen LogP contribution in [0.4, 0.5) is 11.4 Å². The second-order valence-corrected chi connectivity index (χ2v) is 11.7. The van der Waals surface area contributed by atoms with Crippen molar-refractivity contribution in [2.24, 2.45) is 23.7 Å². The van der Waals surface area contributed by atoms with Crippen molar-refractivity contribution in [3.8, 4) is 0 Å². The third-order valence-corrected chi connectivity index (χ3v) is 9.68. The van der Waals surface area contributed by atoms with Crippen LogP contribution >= 0.6 is 0 Å². The molecule has 232 valence electrons.